The number of aryl methyl sites for hydroxylation is 1. The van der Waals surface area contributed by atoms with Crippen molar-refractivity contribution >= 4 is 17.7 Å². The summed E-state index contributed by atoms with van der Waals surface area (Å²) in [6, 6.07) is 9.45. The van der Waals surface area contributed by atoms with E-state index in [9.17, 15) is 10.1 Å². The van der Waals surface area contributed by atoms with Crippen LogP contribution in [0.5, 0.6) is 0 Å². The molecule has 10 heteroatoms. The predicted octanol–water partition coefficient (Wildman–Crippen LogP) is 1.46. The first-order chi connectivity index (χ1) is 10.1. The van der Waals surface area contributed by atoms with E-state index in [-0.39, 0.29) is 0 Å². The highest BCUT2D eigenvalue weighted by molar-refractivity contribution is 7.99. The van der Waals surface area contributed by atoms with Crippen LogP contribution < -0.4 is 0 Å². The number of nitro groups is 1. The van der Waals surface area contributed by atoms with Crippen molar-refractivity contribution in [1.29, 1.82) is 0 Å². The molecule has 0 spiro atoms. The smallest absolute Gasteiger partial charge is 0.390 e. The summed E-state index contributed by atoms with van der Waals surface area (Å²) in [7, 11) is 1.59. The summed E-state index contributed by atoms with van der Waals surface area (Å²) in [5.41, 5.74) is 0.842. The molecule has 0 saturated heterocycles. The van der Waals surface area contributed by atoms with Gasteiger partial charge in [-0.3, -0.25) is 0 Å². The number of hydrogen-bond donors (Lipinski definition) is 0. The molecule has 0 aliphatic carbocycles. The van der Waals surface area contributed by atoms with Crippen molar-refractivity contribution in [2.75, 3.05) is 0 Å². The molecule has 0 saturated carbocycles. The summed E-state index contributed by atoms with van der Waals surface area (Å²) in [5.74, 6) is -0.439. The lowest BCUT2D eigenvalue weighted by Gasteiger charge is -2.02. The topological polar surface area (TPSA) is 105 Å². The number of hydrogen-bond acceptors (Lipinski definition) is 7. The van der Waals surface area contributed by atoms with E-state index in [1.807, 2.05) is 30.3 Å². The van der Waals surface area contributed by atoms with Crippen molar-refractivity contribution in [2.45, 2.75) is 10.3 Å². The Hall–Kier alpha value is -2.75. The normalized spacial score (nSPS) is 10.7. The predicted molar refractivity (Wildman–Crippen MR) is 73.1 cm³/mol. The number of nitrogens with zero attached hydrogens (tertiary/aromatic N) is 7. The highest BCUT2D eigenvalue weighted by Gasteiger charge is 2.22. The van der Waals surface area contributed by atoms with E-state index in [0.29, 0.717) is 10.3 Å². The maximum atomic E-state index is 10.7. The molecule has 0 fully saturated rings. The van der Waals surface area contributed by atoms with Crippen LogP contribution in [0.3, 0.4) is 0 Å². The van der Waals surface area contributed by atoms with Crippen LogP contribution in [-0.2, 0) is 7.05 Å². The highest BCUT2D eigenvalue weighted by Crippen LogP contribution is 2.26. The van der Waals surface area contributed by atoms with Crippen molar-refractivity contribution in [3.63, 3.8) is 0 Å². The molecule has 0 aliphatic heterocycles. The fourth-order valence-electron chi connectivity index (χ4n) is 1.65. The molecule has 0 atom stereocenters. The van der Waals surface area contributed by atoms with Crippen LogP contribution >= 0.6 is 11.8 Å². The van der Waals surface area contributed by atoms with Crippen molar-refractivity contribution in [3.8, 4) is 5.69 Å². The lowest BCUT2D eigenvalue weighted by Crippen LogP contribution is -2.00. The van der Waals surface area contributed by atoms with E-state index in [0.717, 1.165) is 17.4 Å². The van der Waals surface area contributed by atoms with Crippen molar-refractivity contribution in [1.82, 2.24) is 29.5 Å². The first-order valence-corrected chi connectivity index (χ1v) is 6.65. The van der Waals surface area contributed by atoms with Gasteiger partial charge in [0.25, 0.3) is 5.16 Å². The zero-order chi connectivity index (χ0) is 14.8. The Labute approximate surface area is 122 Å². The van der Waals surface area contributed by atoms with Gasteiger partial charge in [0, 0.05) is 23.9 Å². The lowest BCUT2D eigenvalue weighted by molar-refractivity contribution is -0.394. The first kappa shape index (κ1) is 13.2. The van der Waals surface area contributed by atoms with Crippen LogP contribution in [0, 0.1) is 10.1 Å². The Balaban J connectivity index is 1.93. The third-order valence-electron chi connectivity index (χ3n) is 2.58. The minimum absolute atomic E-state index is 0.367. The van der Waals surface area contributed by atoms with Gasteiger partial charge in [-0.15, -0.1) is 0 Å². The van der Waals surface area contributed by atoms with Crippen LogP contribution in [0.25, 0.3) is 5.69 Å². The second kappa shape index (κ2) is 5.32. The van der Waals surface area contributed by atoms with Gasteiger partial charge in [-0.2, -0.15) is 9.78 Å². The zero-order valence-electron chi connectivity index (χ0n) is 10.8. The maximum absolute atomic E-state index is 10.7. The van der Waals surface area contributed by atoms with Crippen molar-refractivity contribution in [3.05, 3.63) is 46.8 Å². The minimum Gasteiger partial charge on any atom is -0.390 e. The fraction of sp³-hybridized carbons (Fsp3) is 0.0909. The van der Waals surface area contributed by atoms with Gasteiger partial charge in [0.15, 0.2) is 5.16 Å². The second-order valence-corrected chi connectivity index (χ2v) is 4.90. The molecule has 0 radical (unpaired) electrons. The van der Waals surface area contributed by atoms with Crippen LogP contribution in [0.2, 0.25) is 0 Å². The van der Waals surface area contributed by atoms with Crippen molar-refractivity contribution in [2.24, 2.45) is 7.05 Å². The van der Waals surface area contributed by atoms with E-state index in [1.165, 1.54) is 11.0 Å². The Morgan fingerprint density at radius 2 is 2.00 bits per heavy atom. The molecule has 0 bridgehead atoms. The van der Waals surface area contributed by atoms with Crippen LogP contribution in [0.1, 0.15) is 0 Å². The van der Waals surface area contributed by atoms with Crippen LogP contribution in [-0.4, -0.2) is 34.5 Å². The largest absolute Gasteiger partial charge is 0.492 e. The third kappa shape index (κ3) is 2.60. The zero-order valence-corrected chi connectivity index (χ0v) is 11.6. The Morgan fingerprint density at radius 1 is 1.24 bits per heavy atom. The van der Waals surface area contributed by atoms with Gasteiger partial charge in [0.05, 0.1) is 5.69 Å². The van der Waals surface area contributed by atoms with Crippen LogP contribution in [0.4, 0.5) is 5.95 Å². The molecular formula is C11H9N7O2S. The third-order valence-corrected chi connectivity index (χ3v) is 3.57. The number of benzene rings is 1. The van der Waals surface area contributed by atoms with E-state index >= 15 is 0 Å². The quantitative estimate of drug-likeness (QED) is 0.530. The Morgan fingerprint density at radius 3 is 2.67 bits per heavy atom. The number of aromatic nitrogens is 6. The van der Waals surface area contributed by atoms with Gasteiger partial charge in [0.1, 0.15) is 6.33 Å². The molecular weight excluding hydrogens is 294 g/mol. The van der Waals surface area contributed by atoms with E-state index in [2.05, 4.69) is 20.2 Å². The average Bonchev–Trinajstić information content (AvgIpc) is 3.08. The Bertz CT molecular complexity index is 783. The molecule has 0 unspecified atom stereocenters. The molecule has 3 rings (SSSR count). The van der Waals surface area contributed by atoms with Crippen LogP contribution in [0.15, 0.2) is 47.0 Å². The van der Waals surface area contributed by atoms with Gasteiger partial charge in [-0.25, -0.2) is 9.67 Å². The minimum atomic E-state index is -0.633. The van der Waals surface area contributed by atoms with E-state index < -0.39 is 10.9 Å². The second-order valence-electron chi connectivity index (χ2n) is 3.97. The summed E-state index contributed by atoms with van der Waals surface area (Å²) in [5, 5.41) is 19.5. The highest BCUT2D eigenvalue weighted by atomic mass is 32.2. The molecule has 0 aliphatic rings. The molecule has 1 aromatic carbocycles. The average molecular weight is 303 g/mol. The summed E-state index contributed by atoms with van der Waals surface area (Å²) in [4.78, 5) is 18.0. The standard InChI is InChI=1S/C11H9N7O2S/c1-16-11(14-9(15-16)18(19)20)21-10-12-7-13-17(10)8-5-3-2-4-6-8/h2-7H,1H3. The van der Waals surface area contributed by atoms with Gasteiger partial charge in [-0.1, -0.05) is 18.2 Å². The van der Waals surface area contributed by atoms with Gasteiger partial charge in [0.2, 0.25) is 0 Å². The monoisotopic (exact) mass is 303 g/mol. The van der Waals surface area contributed by atoms with Gasteiger partial charge < -0.3 is 10.1 Å². The summed E-state index contributed by atoms with van der Waals surface area (Å²) >= 11 is 1.15. The van der Waals surface area contributed by atoms with Gasteiger partial charge in [-0.05, 0) is 22.0 Å². The summed E-state index contributed by atoms with van der Waals surface area (Å²) < 4.78 is 2.97. The summed E-state index contributed by atoms with van der Waals surface area (Å²) in [6.45, 7) is 0. The molecule has 0 amide bonds. The molecule has 2 heterocycles. The molecule has 21 heavy (non-hydrogen) atoms. The molecule has 9 nitrogen and oxygen atoms in total. The van der Waals surface area contributed by atoms with E-state index in [4.69, 9.17) is 0 Å². The fourth-order valence-corrected chi connectivity index (χ4v) is 2.45. The van der Waals surface area contributed by atoms with E-state index in [1.54, 1.807) is 11.7 Å². The molecule has 0 N–H and O–H groups in total. The van der Waals surface area contributed by atoms with Crippen molar-refractivity contribution < 1.29 is 4.92 Å². The lowest BCUT2D eigenvalue weighted by atomic mass is 10.3. The maximum Gasteiger partial charge on any atom is 0.492 e. The molecule has 3 aromatic rings. The van der Waals surface area contributed by atoms with Gasteiger partial charge >= 0.3 is 5.95 Å². The number of rotatable bonds is 4. The molecule has 106 valence electrons. The summed E-state index contributed by atoms with van der Waals surface area (Å²) in [6.07, 6.45) is 1.42. The number of para-hydroxylation sites is 1. The first-order valence-electron chi connectivity index (χ1n) is 5.84. The Kier molecular flexibility index (Phi) is 3.36. The molecule has 2 aromatic heterocycles. The SMILES string of the molecule is Cn1nc([N+](=O)[O-])nc1Sc1ncnn1-c1ccccc1.